The Bertz CT molecular complexity index is 1300. The Hall–Kier alpha value is -3.15. The molecule has 1 aliphatic heterocycles. The maximum Gasteiger partial charge on any atom is 0.339 e. The van der Waals surface area contributed by atoms with Crippen LogP contribution in [0.25, 0.3) is 32.9 Å². The summed E-state index contributed by atoms with van der Waals surface area (Å²) in [6, 6.07) is 21.8. The van der Waals surface area contributed by atoms with Crippen LogP contribution in [-0.2, 0) is 4.74 Å². The Labute approximate surface area is 199 Å². The Kier molecular flexibility index (Phi) is 6.82. The van der Waals surface area contributed by atoms with Crippen LogP contribution in [0.1, 0.15) is 23.2 Å². The lowest BCUT2D eigenvalue weighted by molar-refractivity contribution is 0.0141. The number of ether oxygens (including phenoxy) is 2. The second kappa shape index (κ2) is 9.77. The predicted octanol–water partition coefficient (Wildman–Crippen LogP) is 5.74. The molecule has 1 aromatic heterocycles. The lowest BCUT2D eigenvalue weighted by Gasteiger charge is -2.28. The summed E-state index contributed by atoms with van der Waals surface area (Å²) in [5, 5.41) is 3.00. The average Bonchev–Trinajstić information content (AvgIpc) is 2.84. The van der Waals surface area contributed by atoms with E-state index in [2.05, 4.69) is 24.1 Å². The molecule has 0 radical (unpaired) electrons. The van der Waals surface area contributed by atoms with E-state index in [0.717, 1.165) is 64.6 Å². The number of nitrogens with zero attached hydrogens (tertiary/aromatic N) is 2. The molecule has 0 unspecified atom stereocenters. The summed E-state index contributed by atoms with van der Waals surface area (Å²) in [7, 11) is 3.76. The highest BCUT2D eigenvalue weighted by Crippen LogP contribution is 2.30. The molecule has 5 rings (SSSR count). The first-order chi connectivity index (χ1) is 15.6. The highest BCUT2D eigenvalue weighted by molar-refractivity contribution is 6.05. The van der Waals surface area contributed by atoms with Crippen LogP contribution >= 0.6 is 12.4 Å². The van der Waals surface area contributed by atoms with Crippen LogP contribution < -0.4 is 4.74 Å². The lowest BCUT2D eigenvalue weighted by atomic mass is 10.0. The number of methoxy groups -OCH3 is 1. The minimum Gasteiger partial charge on any atom is -0.497 e. The number of carbonyl (C=O) groups is 1. The Morgan fingerprint density at radius 2 is 1.70 bits per heavy atom. The molecule has 6 heteroatoms. The lowest BCUT2D eigenvalue weighted by Crippen LogP contribution is -2.35. The first-order valence-corrected chi connectivity index (χ1v) is 11.0. The molecule has 0 amide bonds. The van der Waals surface area contributed by atoms with Crippen molar-refractivity contribution in [3.63, 3.8) is 0 Å². The third-order valence-corrected chi connectivity index (χ3v) is 6.22. The van der Waals surface area contributed by atoms with Crippen LogP contribution in [0.3, 0.4) is 0 Å². The molecule has 1 saturated heterocycles. The van der Waals surface area contributed by atoms with Crippen LogP contribution in [0.4, 0.5) is 0 Å². The van der Waals surface area contributed by atoms with Gasteiger partial charge in [0.15, 0.2) is 0 Å². The van der Waals surface area contributed by atoms with Gasteiger partial charge in [-0.1, -0.05) is 36.4 Å². The van der Waals surface area contributed by atoms with Gasteiger partial charge < -0.3 is 14.4 Å². The summed E-state index contributed by atoms with van der Waals surface area (Å²) in [6.07, 6.45) is 1.70. The number of hydrogen-bond donors (Lipinski definition) is 0. The number of piperidine rings is 1. The highest BCUT2D eigenvalue weighted by atomic mass is 35.5. The predicted molar refractivity (Wildman–Crippen MR) is 134 cm³/mol. The van der Waals surface area contributed by atoms with E-state index in [1.54, 1.807) is 7.11 Å². The molecule has 2 heterocycles. The van der Waals surface area contributed by atoms with Crippen LogP contribution in [0, 0.1) is 0 Å². The summed E-state index contributed by atoms with van der Waals surface area (Å²) in [6.45, 7) is 1.89. The van der Waals surface area contributed by atoms with E-state index in [0.29, 0.717) is 5.56 Å². The number of rotatable bonds is 4. The Balaban J connectivity index is 0.00000259. The first kappa shape index (κ1) is 23.0. The van der Waals surface area contributed by atoms with E-state index in [1.165, 1.54) is 0 Å². The second-order valence-corrected chi connectivity index (χ2v) is 8.41. The van der Waals surface area contributed by atoms with Gasteiger partial charge in [-0.2, -0.15) is 0 Å². The van der Waals surface area contributed by atoms with Crippen molar-refractivity contribution in [2.45, 2.75) is 18.9 Å². The van der Waals surface area contributed by atoms with Gasteiger partial charge in [0, 0.05) is 24.0 Å². The molecule has 170 valence electrons. The molecule has 1 aliphatic rings. The summed E-state index contributed by atoms with van der Waals surface area (Å²) < 4.78 is 11.2. The van der Waals surface area contributed by atoms with Gasteiger partial charge in [-0.25, -0.2) is 9.78 Å². The van der Waals surface area contributed by atoms with Gasteiger partial charge in [0.2, 0.25) is 0 Å². The quantitative estimate of drug-likeness (QED) is 0.362. The fraction of sp³-hybridized carbons (Fsp3) is 0.259. The van der Waals surface area contributed by atoms with Gasteiger partial charge in [0.1, 0.15) is 11.9 Å². The molecule has 0 aliphatic carbocycles. The third-order valence-electron chi connectivity index (χ3n) is 6.22. The zero-order valence-corrected chi connectivity index (χ0v) is 19.6. The van der Waals surface area contributed by atoms with Gasteiger partial charge in [-0.15, -0.1) is 12.4 Å². The third kappa shape index (κ3) is 4.80. The molecule has 0 bridgehead atoms. The molecule has 0 N–H and O–H groups in total. The number of hydrogen-bond acceptors (Lipinski definition) is 5. The maximum absolute atomic E-state index is 13.2. The maximum atomic E-state index is 13.2. The van der Waals surface area contributed by atoms with Crippen molar-refractivity contribution in [2.75, 3.05) is 27.2 Å². The number of fused-ring (bicyclic) bond motifs is 2. The average molecular weight is 463 g/mol. The van der Waals surface area contributed by atoms with E-state index in [4.69, 9.17) is 14.5 Å². The summed E-state index contributed by atoms with van der Waals surface area (Å²) in [5.74, 6) is 0.554. The number of carbonyl (C=O) groups excluding carboxylic acids is 1. The number of halogens is 1. The van der Waals surface area contributed by atoms with Crippen molar-refractivity contribution in [2.24, 2.45) is 0 Å². The Morgan fingerprint density at radius 3 is 2.48 bits per heavy atom. The molecule has 33 heavy (non-hydrogen) atoms. The van der Waals surface area contributed by atoms with Crippen molar-refractivity contribution in [1.82, 2.24) is 9.88 Å². The van der Waals surface area contributed by atoms with Gasteiger partial charge in [-0.05, 0) is 61.0 Å². The van der Waals surface area contributed by atoms with E-state index >= 15 is 0 Å². The topological polar surface area (TPSA) is 51.7 Å². The minimum absolute atomic E-state index is 0. The van der Waals surface area contributed by atoms with Gasteiger partial charge >= 0.3 is 5.97 Å². The van der Waals surface area contributed by atoms with Gasteiger partial charge in [0.05, 0.1) is 23.9 Å². The van der Waals surface area contributed by atoms with Crippen molar-refractivity contribution >= 4 is 40.1 Å². The highest BCUT2D eigenvalue weighted by Gasteiger charge is 2.23. The molecule has 5 nitrogen and oxygen atoms in total. The molecule has 1 fully saturated rings. The number of aromatic nitrogens is 1. The summed E-state index contributed by atoms with van der Waals surface area (Å²) >= 11 is 0. The largest absolute Gasteiger partial charge is 0.497 e. The van der Waals surface area contributed by atoms with Gasteiger partial charge in [0.25, 0.3) is 0 Å². The summed E-state index contributed by atoms with van der Waals surface area (Å²) in [4.78, 5) is 20.3. The fourth-order valence-electron chi connectivity index (χ4n) is 4.32. The van der Waals surface area contributed by atoms with Gasteiger partial charge in [-0.3, -0.25) is 0 Å². The first-order valence-electron chi connectivity index (χ1n) is 11.0. The number of benzene rings is 3. The summed E-state index contributed by atoms with van der Waals surface area (Å²) in [5.41, 5.74) is 3.08. The number of likely N-dealkylation sites (tertiary alicyclic amines) is 1. The minimum atomic E-state index is -0.273. The standard InChI is InChI=1S/C27H26N2O3.ClH/c1-29-13-11-21(12-14-29)32-27(30)24-17-26(28-25-6-4-3-5-23(24)25)20-8-7-19-16-22(31-2)10-9-18(19)15-20;/h3-10,15-17,21H,11-14H2,1-2H3;1H. The van der Waals surface area contributed by atoms with Crippen LogP contribution in [-0.4, -0.2) is 49.2 Å². The van der Waals surface area contributed by atoms with E-state index in [-0.39, 0.29) is 24.5 Å². The van der Waals surface area contributed by atoms with Crippen molar-refractivity contribution in [3.8, 4) is 17.0 Å². The molecule has 4 aromatic rings. The second-order valence-electron chi connectivity index (χ2n) is 8.41. The molecule has 3 aromatic carbocycles. The molecule has 0 spiro atoms. The van der Waals surface area contributed by atoms with E-state index in [9.17, 15) is 4.79 Å². The normalized spacial score (nSPS) is 14.7. The zero-order chi connectivity index (χ0) is 22.1. The molecule has 0 atom stereocenters. The number of esters is 1. The zero-order valence-electron chi connectivity index (χ0n) is 18.8. The SMILES string of the molecule is COc1ccc2cc(-c3cc(C(=O)OC4CCN(C)CC4)c4ccccc4n3)ccc2c1.Cl. The molecular weight excluding hydrogens is 436 g/mol. The number of para-hydroxylation sites is 1. The van der Waals surface area contributed by atoms with Crippen molar-refractivity contribution in [1.29, 1.82) is 0 Å². The molecule has 0 saturated carbocycles. The Morgan fingerprint density at radius 1 is 0.970 bits per heavy atom. The smallest absolute Gasteiger partial charge is 0.339 e. The van der Waals surface area contributed by atoms with E-state index in [1.807, 2.05) is 54.6 Å². The monoisotopic (exact) mass is 462 g/mol. The van der Waals surface area contributed by atoms with Crippen LogP contribution in [0.2, 0.25) is 0 Å². The van der Waals surface area contributed by atoms with Crippen LogP contribution in [0.5, 0.6) is 5.75 Å². The van der Waals surface area contributed by atoms with Crippen molar-refractivity contribution in [3.05, 3.63) is 72.3 Å². The number of pyridine rings is 1. The van der Waals surface area contributed by atoms with E-state index < -0.39 is 0 Å². The fourth-order valence-corrected chi connectivity index (χ4v) is 4.32. The molecular formula is C27H27ClN2O3. The van der Waals surface area contributed by atoms with Crippen LogP contribution in [0.15, 0.2) is 66.7 Å². The van der Waals surface area contributed by atoms with Crippen molar-refractivity contribution < 1.29 is 14.3 Å².